The van der Waals surface area contributed by atoms with Gasteiger partial charge >= 0.3 is 5.97 Å². The van der Waals surface area contributed by atoms with E-state index >= 15 is 0 Å². The fraction of sp³-hybridized carbons (Fsp3) is 0.500. The molecule has 1 saturated carbocycles. The van der Waals surface area contributed by atoms with Crippen molar-refractivity contribution in [3.63, 3.8) is 0 Å². The Hall–Kier alpha value is -1.55. The van der Waals surface area contributed by atoms with Gasteiger partial charge in [0, 0.05) is 5.56 Å². The van der Waals surface area contributed by atoms with Crippen LogP contribution in [0.25, 0.3) is 0 Å². The van der Waals surface area contributed by atoms with Crippen LogP contribution in [0, 0.1) is 0 Å². The van der Waals surface area contributed by atoms with E-state index in [9.17, 15) is 15.0 Å². The van der Waals surface area contributed by atoms with E-state index in [1.165, 1.54) is 0 Å². The first-order chi connectivity index (χ1) is 8.63. The quantitative estimate of drug-likeness (QED) is 0.842. The minimum atomic E-state index is -0.901. The van der Waals surface area contributed by atoms with Gasteiger partial charge in [-0.05, 0) is 36.1 Å². The molecule has 0 bridgehead atoms. The summed E-state index contributed by atoms with van der Waals surface area (Å²) >= 11 is 0. The molecule has 1 heterocycles. The van der Waals surface area contributed by atoms with Gasteiger partial charge in [0.1, 0.15) is 5.75 Å². The lowest BCUT2D eigenvalue weighted by molar-refractivity contribution is -0.143. The summed E-state index contributed by atoms with van der Waals surface area (Å²) in [6, 6.07) is 3.50. The van der Waals surface area contributed by atoms with Gasteiger partial charge in [0.25, 0.3) is 0 Å². The number of carbonyl (C=O) groups is 1. The van der Waals surface area contributed by atoms with Gasteiger partial charge in [-0.1, -0.05) is 12.8 Å². The van der Waals surface area contributed by atoms with Crippen LogP contribution in [0.1, 0.15) is 42.4 Å². The smallest absolute Gasteiger partial charge is 0.314 e. The van der Waals surface area contributed by atoms with Gasteiger partial charge in [0.05, 0.1) is 18.6 Å². The van der Waals surface area contributed by atoms with E-state index in [1.807, 2.05) is 6.07 Å². The van der Waals surface area contributed by atoms with Gasteiger partial charge in [-0.2, -0.15) is 0 Å². The van der Waals surface area contributed by atoms with Gasteiger partial charge in [-0.25, -0.2) is 0 Å². The van der Waals surface area contributed by atoms with Crippen LogP contribution in [0.15, 0.2) is 12.1 Å². The van der Waals surface area contributed by atoms with Crippen molar-refractivity contribution >= 4 is 5.97 Å². The van der Waals surface area contributed by atoms with E-state index in [4.69, 9.17) is 4.74 Å². The number of benzene rings is 1. The third-order valence-electron chi connectivity index (χ3n) is 4.22. The Morgan fingerprint density at radius 2 is 1.78 bits per heavy atom. The lowest BCUT2D eigenvalue weighted by Gasteiger charge is -2.25. The number of ether oxygens (including phenoxy) is 1. The second-order valence-electron chi connectivity index (χ2n) is 5.23. The maximum atomic E-state index is 11.6. The van der Waals surface area contributed by atoms with Crippen LogP contribution in [0.5, 0.6) is 5.75 Å². The number of rotatable bonds is 2. The zero-order chi connectivity index (χ0) is 12.8. The normalized spacial score (nSPS) is 20.9. The number of phenolic OH excluding ortho intramolecular Hbond substituents is 1. The fourth-order valence-corrected chi connectivity index (χ4v) is 3.18. The molecule has 0 unspecified atom stereocenters. The number of hydrogen-bond acceptors (Lipinski definition) is 3. The molecule has 4 heteroatoms. The number of aliphatic carboxylic acids is 1. The molecule has 18 heavy (non-hydrogen) atoms. The number of phenols is 1. The Morgan fingerprint density at radius 3 is 2.39 bits per heavy atom. The first-order valence-electron chi connectivity index (χ1n) is 6.30. The van der Waals surface area contributed by atoms with Crippen LogP contribution in [0.2, 0.25) is 0 Å². The van der Waals surface area contributed by atoms with Crippen molar-refractivity contribution in [2.24, 2.45) is 0 Å². The molecule has 1 aromatic rings. The van der Waals surface area contributed by atoms with E-state index in [1.54, 1.807) is 6.07 Å². The zero-order valence-electron chi connectivity index (χ0n) is 10.1. The summed E-state index contributed by atoms with van der Waals surface area (Å²) in [4.78, 5) is 11.6. The van der Waals surface area contributed by atoms with Gasteiger partial charge < -0.3 is 14.9 Å². The van der Waals surface area contributed by atoms with E-state index in [0.717, 1.165) is 24.0 Å². The van der Waals surface area contributed by atoms with Crippen molar-refractivity contribution < 1.29 is 19.7 Å². The van der Waals surface area contributed by atoms with Crippen molar-refractivity contribution in [1.82, 2.24) is 0 Å². The Kier molecular flexibility index (Phi) is 2.55. The number of carboxylic acids is 1. The van der Waals surface area contributed by atoms with E-state index in [0.29, 0.717) is 31.6 Å². The number of carboxylic acid groups (broad SMARTS) is 1. The second-order valence-corrected chi connectivity index (χ2v) is 5.23. The molecular weight excluding hydrogens is 232 g/mol. The average Bonchev–Trinajstić information content (AvgIpc) is 2.95. The Morgan fingerprint density at radius 1 is 1.17 bits per heavy atom. The SMILES string of the molecule is O=C(O)C1(c2cc3c(cc2O)COC3)CCCC1. The predicted octanol–water partition coefficient (Wildman–Crippen LogP) is 2.32. The van der Waals surface area contributed by atoms with Gasteiger partial charge in [0.2, 0.25) is 0 Å². The molecule has 0 spiro atoms. The molecule has 1 fully saturated rings. The number of fused-ring (bicyclic) bond motifs is 1. The highest BCUT2D eigenvalue weighted by Gasteiger charge is 2.45. The van der Waals surface area contributed by atoms with Crippen LogP contribution in [0.3, 0.4) is 0 Å². The third kappa shape index (κ3) is 1.52. The summed E-state index contributed by atoms with van der Waals surface area (Å²) in [7, 11) is 0. The number of aromatic hydroxyl groups is 1. The highest BCUT2D eigenvalue weighted by atomic mass is 16.5. The van der Waals surface area contributed by atoms with Gasteiger partial charge in [-0.15, -0.1) is 0 Å². The molecule has 2 aliphatic rings. The fourth-order valence-electron chi connectivity index (χ4n) is 3.18. The van der Waals surface area contributed by atoms with Crippen molar-refractivity contribution in [3.8, 4) is 5.75 Å². The third-order valence-corrected chi connectivity index (χ3v) is 4.22. The van der Waals surface area contributed by atoms with Crippen LogP contribution in [-0.2, 0) is 28.2 Å². The molecule has 0 radical (unpaired) electrons. The first kappa shape index (κ1) is 11.5. The topological polar surface area (TPSA) is 66.8 Å². The Labute approximate surface area is 105 Å². The molecule has 1 aliphatic heterocycles. The maximum absolute atomic E-state index is 11.6. The molecule has 0 amide bonds. The minimum Gasteiger partial charge on any atom is -0.508 e. The van der Waals surface area contributed by atoms with E-state index in [2.05, 4.69) is 0 Å². The lowest BCUT2D eigenvalue weighted by Crippen LogP contribution is -2.32. The lowest BCUT2D eigenvalue weighted by atomic mass is 9.77. The van der Waals surface area contributed by atoms with Crippen molar-refractivity contribution in [1.29, 1.82) is 0 Å². The molecule has 0 saturated heterocycles. The molecule has 4 nitrogen and oxygen atoms in total. The highest BCUT2D eigenvalue weighted by Crippen LogP contribution is 2.46. The molecular formula is C14H16O4. The van der Waals surface area contributed by atoms with Crippen LogP contribution in [-0.4, -0.2) is 16.2 Å². The summed E-state index contributed by atoms with van der Waals surface area (Å²) < 4.78 is 5.32. The van der Waals surface area contributed by atoms with E-state index in [-0.39, 0.29) is 5.75 Å². The van der Waals surface area contributed by atoms with Crippen molar-refractivity contribution in [2.75, 3.05) is 0 Å². The molecule has 1 aliphatic carbocycles. The van der Waals surface area contributed by atoms with E-state index < -0.39 is 11.4 Å². The van der Waals surface area contributed by atoms with Crippen molar-refractivity contribution in [3.05, 3.63) is 28.8 Å². The average molecular weight is 248 g/mol. The molecule has 1 aromatic carbocycles. The number of hydrogen-bond donors (Lipinski definition) is 2. The minimum absolute atomic E-state index is 0.101. The maximum Gasteiger partial charge on any atom is 0.314 e. The Bertz CT molecular complexity index is 501. The molecule has 2 N–H and O–H groups in total. The standard InChI is InChI=1S/C14H16O4/c15-12-6-10-8-18-7-9(10)5-11(12)14(13(16)17)3-1-2-4-14/h5-6,15H,1-4,7-8H2,(H,16,17). The van der Waals surface area contributed by atoms with Crippen LogP contribution < -0.4 is 0 Å². The van der Waals surface area contributed by atoms with Gasteiger partial charge in [0.15, 0.2) is 0 Å². The summed E-state index contributed by atoms with van der Waals surface area (Å²) in [6.45, 7) is 1.02. The second kappa shape index (κ2) is 3.99. The molecule has 3 rings (SSSR count). The van der Waals surface area contributed by atoms with Crippen LogP contribution >= 0.6 is 0 Å². The summed E-state index contributed by atoms with van der Waals surface area (Å²) in [6.07, 6.45) is 3.02. The van der Waals surface area contributed by atoms with Gasteiger partial charge in [-0.3, -0.25) is 4.79 Å². The monoisotopic (exact) mass is 248 g/mol. The molecule has 0 aromatic heterocycles. The highest BCUT2D eigenvalue weighted by molar-refractivity contribution is 5.83. The molecule has 96 valence electrons. The van der Waals surface area contributed by atoms with Crippen molar-refractivity contribution in [2.45, 2.75) is 44.3 Å². The Balaban J connectivity index is 2.13. The predicted molar refractivity (Wildman–Crippen MR) is 64.4 cm³/mol. The zero-order valence-corrected chi connectivity index (χ0v) is 10.1. The first-order valence-corrected chi connectivity index (χ1v) is 6.30. The largest absolute Gasteiger partial charge is 0.508 e. The summed E-state index contributed by atoms with van der Waals surface area (Å²) in [5.74, 6) is -0.724. The summed E-state index contributed by atoms with van der Waals surface area (Å²) in [5, 5.41) is 19.7. The van der Waals surface area contributed by atoms with Crippen LogP contribution in [0.4, 0.5) is 0 Å². The summed E-state index contributed by atoms with van der Waals surface area (Å²) in [5.41, 5.74) is 1.64. The molecule has 0 atom stereocenters.